The summed E-state index contributed by atoms with van der Waals surface area (Å²) >= 11 is 0. The average molecular weight is 291 g/mol. The first-order chi connectivity index (χ1) is 10.0. The molecule has 0 atom stereocenters. The van der Waals surface area contributed by atoms with E-state index < -0.39 is 0 Å². The lowest BCUT2D eigenvalue weighted by molar-refractivity contribution is -0.129. The molecule has 21 heavy (non-hydrogen) atoms. The molecule has 114 valence electrons. The van der Waals surface area contributed by atoms with Crippen LogP contribution in [0.5, 0.6) is 5.75 Å². The summed E-state index contributed by atoms with van der Waals surface area (Å²) in [6.45, 7) is 3.71. The Hall–Kier alpha value is -2.24. The molecule has 1 fully saturated rings. The molecule has 0 bridgehead atoms. The van der Waals surface area contributed by atoms with Crippen molar-refractivity contribution in [1.29, 1.82) is 0 Å². The van der Waals surface area contributed by atoms with E-state index in [2.05, 4.69) is 0 Å². The zero-order valence-corrected chi connectivity index (χ0v) is 12.5. The third kappa shape index (κ3) is 3.65. The molecule has 6 nitrogen and oxygen atoms in total. The van der Waals surface area contributed by atoms with Gasteiger partial charge in [-0.05, 0) is 25.5 Å². The van der Waals surface area contributed by atoms with Gasteiger partial charge in [-0.15, -0.1) is 0 Å². The second kappa shape index (κ2) is 6.47. The van der Waals surface area contributed by atoms with E-state index in [4.69, 9.17) is 10.5 Å². The fourth-order valence-corrected chi connectivity index (χ4v) is 2.34. The highest BCUT2D eigenvalue weighted by atomic mass is 16.5. The minimum Gasteiger partial charge on any atom is -0.494 e. The van der Waals surface area contributed by atoms with Crippen LogP contribution in [0.15, 0.2) is 18.2 Å². The van der Waals surface area contributed by atoms with Gasteiger partial charge in [-0.25, -0.2) is 0 Å². The number of nitrogens with zero attached hydrogens (tertiary/aromatic N) is 2. The number of ether oxygens (including phenoxy) is 1. The first-order valence-electron chi connectivity index (χ1n) is 7.08. The molecule has 0 unspecified atom stereocenters. The van der Waals surface area contributed by atoms with Crippen LogP contribution in [0.2, 0.25) is 0 Å². The maximum absolute atomic E-state index is 12.6. The lowest BCUT2D eigenvalue weighted by Gasteiger charge is -2.20. The topological polar surface area (TPSA) is 75.9 Å². The molecule has 2 N–H and O–H groups in total. The molecule has 6 heteroatoms. The molecule has 0 saturated carbocycles. The molecule has 1 aliphatic heterocycles. The second-order valence-corrected chi connectivity index (χ2v) is 5.12. The van der Waals surface area contributed by atoms with E-state index in [0.717, 1.165) is 6.42 Å². The van der Waals surface area contributed by atoms with Crippen molar-refractivity contribution in [3.8, 4) is 5.75 Å². The van der Waals surface area contributed by atoms with Crippen LogP contribution in [0.1, 0.15) is 23.7 Å². The van der Waals surface area contributed by atoms with E-state index in [1.165, 1.54) is 0 Å². The molecule has 1 aromatic carbocycles. The fraction of sp³-hybridized carbons (Fsp3) is 0.467. The number of rotatable bonds is 3. The second-order valence-electron chi connectivity index (χ2n) is 5.12. The van der Waals surface area contributed by atoms with Crippen LogP contribution in [0.3, 0.4) is 0 Å². The summed E-state index contributed by atoms with van der Waals surface area (Å²) in [6.07, 6.45) is 0.772. The van der Waals surface area contributed by atoms with Gasteiger partial charge in [0.25, 0.3) is 5.91 Å². The highest BCUT2D eigenvalue weighted by molar-refractivity contribution is 5.97. The molecular weight excluding hydrogens is 270 g/mol. The number of hydrogen-bond donors (Lipinski definition) is 1. The van der Waals surface area contributed by atoms with Crippen LogP contribution in [-0.4, -0.2) is 54.9 Å². The number of nitrogens with two attached hydrogens (primary N) is 1. The van der Waals surface area contributed by atoms with Gasteiger partial charge in [0.2, 0.25) is 5.91 Å². The van der Waals surface area contributed by atoms with Gasteiger partial charge in [0.05, 0.1) is 6.61 Å². The Morgan fingerprint density at radius 1 is 1.33 bits per heavy atom. The Labute approximate surface area is 124 Å². The molecule has 2 amide bonds. The number of anilines is 1. The predicted octanol–water partition coefficient (Wildman–Crippen LogP) is 0.972. The minimum atomic E-state index is -0.188. The van der Waals surface area contributed by atoms with Crippen molar-refractivity contribution >= 4 is 17.5 Å². The first-order valence-corrected chi connectivity index (χ1v) is 7.08. The summed E-state index contributed by atoms with van der Waals surface area (Å²) in [4.78, 5) is 27.7. The van der Waals surface area contributed by atoms with Crippen LogP contribution >= 0.6 is 0 Å². The lowest BCUT2D eigenvalue weighted by Crippen LogP contribution is -2.38. The Morgan fingerprint density at radius 3 is 2.81 bits per heavy atom. The Balaban J connectivity index is 2.20. The van der Waals surface area contributed by atoms with Gasteiger partial charge in [-0.3, -0.25) is 9.59 Å². The van der Waals surface area contributed by atoms with Gasteiger partial charge in [-0.1, -0.05) is 0 Å². The van der Waals surface area contributed by atoms with Crippen LogP contribution in [0.4, 0.5) is 5.69 Å². The molecule has 1 saturated heterocycles. The Bertz CT molecular complexity index is 545. The van der Waals surface area contributed by atoms with Crippen molar-refractivity contribution < 1.29 is 14.3 Å². The summed E-state index contributed by atoms with van der Waals surface area (Å²) in [5.41, 5.74) is 6.74. The maximum Gasteiger partial charge on any atom is 0.254 e. The third-order valence-corrected chi connectivity index (χ3v) is 3.45. The highest BCUT2D eigenvalue weighted by Gasteiger charge is 2.24. The van der Waals surface area contributed by atoms with Crippen molar-refractivity contribution in [2.75, 3.05) is 39.0 Å². The largest absolute Gasteiger partial charge is 0.494 e. The van der Waals surface area contributed by atoms with Crippen molar-refractivity contribution in [3.63, 3.8) is 0 Å². The molecule has 1 aromatic rings. The van der Waals surface area contributed by atoms with Crippen molar-refractivity contribution in [1.82, 2.24) is 9.80 Å². The zero-order valence-electron chi connectivity index (χ0n) is 12.5. The number of nitrogen functional groups attached to an aromatic ring is 1. The van der Waals surface area contributed by atoms with Gasteiger partial charge in [-0.2, -0.15) is 0 Å². The van der Waals surface area contributed by atoms with Crippen molar-refractivity contribution in [3.05, 3.63) is 23.8 Å². The standard InChI is InChI=1S/C15H21N3O3/c1-3-21-13-8-11(7-12(16)9-13)15(20)18-6-4-5-17(2)14(19)10-18/h7-9H,3-6,10,16H2,1-2H3. The zero-order chi connectivity index (χ0) is 15.4. The van der Waals surface area contributed by atoms with Gasteiger partial charge >= 0.3 is 0 Å². The minimum absolute atomic E-state index is 0.0465. The van der Waals surface area contributed by atoms with Gasteiger partial charge in [0, 0.05) is 37.5 Å². The summed E-state index contributed by atoms with van der Waals surface area (Å²) in [6, 6.07) is 4.97. The van der Waals surface area contributed by atoms with E-state index in [9.17, 15) is 9.59 Å². The van der Waals surface area contributed by atoms with E-state index in [1.54, 1.807) is 35.0 Å². The van der Waals surface area contributed by atoms with Gasteiger partial charge in [0.15, 0.2) is 0 Å². The first kappa shape index (κ1) is 15.2. The molecule has 2 rings (SSSR count). The summed E-state index contributed by atoms with van der Waals surface area (Å²) in [7, 11) is 1.75. The van der Waals surface area contributed by atoms with Crippen molar-refractivity contribution in [2.45, 2.75) is 13.3 Å². The van der Waals surface area contributed by atoms with E-state index in [-0.39, 0.29) is 18.4 Å². The molecule has 1 heterocycles. The average Bonchev–Trinajstić information content (AvgIpc) is 2.60. The van der Waals surface area contributed by atoms with Gasteiger partial charge < -0.3 is 20.3 Å². The summed E-state index contributed by atoms with van der Waals surface area (Å²) in [5, 5.41) is 0. The third-order valence-electron chi connectivity index (χ3n) is 3.45. The Morgan fingerprint density at radius 2 is 2.10 bits per heavy atom. The molecule has 0 spiro atoms. The number of carbonyl (C=O) groups excluding carboxylic acids is 2. The molecule has 0 aromatic heterocycles. The quantitative estimate of drug-likeness (QED) is 0.842. The Kier molecular flexibility index (Phi) is 4.67. The maximum atomic E-state index is 12.6. The lowest BCUT2D eigenvalue weighted by atomic mass is 10.1. The van der Waals surface area contributed by atoms with Crippen molar-refractivity contribution in [2.24, 2.45) is 0 Å². The molecule has 1 aliphatic rings. The van der Waals surface area contributed by atoms with Crippen LogP contribution < -0.4 is 10.5 Å². The van der Waals surface area contributed by atoms with Crippen LogP contribution in [-0.2, 0) is 4.79 Å². The van der Waals surface area contributed by atoms with E-state index in [0.29, 0.717) is 36.7 Å². The number of carbonyl (C=O) groups is 2. The molecule has 0 aliphatic carbocycles. The normalized spacial score (nSPS) is 15.8. The molecular formula is C15H21N3O3. The SMILES string of the molecule is CCOc1cc(N)cc(C(=O)N2CCCN(C)C(=O)C2)c1. The van der Waals surface area contributed by atoms with Gasteiger partial charge in [0.1, 0.15) is 12.3 Å². The summed E-state index contributed by atoms with van der Waals surface area (Å²) < 4.78 is 5.40. The number of benzene rings is 1. The smallest absolute Gasteiger partial charge is 0.254 e. The van der Waals surface area contributed by atoms with Crippen LogP contribution in [0, 0.1) is 0 Å². The fourth-order valence-electron chi connectivity index (χ4n) is 2.34. The predicted molar refractivity (Wildman–Crippen MR) is 80.2 cm³/mol. The number of hydrogen-bond acceptors (Lipinski definition) is 4. The number of amides is 2. The molecule has 0 radical (unpaired) electrons. The summed E-state index contributed by atoms with van der Waals surface area (Å²) in [5.74, 6) is 0.334. The van der Waals surface area contributed by atoms with E-state index >= 15 is 0 Å². The van der Waals surface area contributed by atoms with E-state index in [1.807, 2.05) is 6.92 Å². The monoisotopic (exact) mass is 291 g/mol. The highest BCUT2D eigenvalue weighted by Crippen LogP contribution is 2.20. The number of likely N-dealkylation sites (N-methyl/N-ethyl adjacent to an activating group) is 1. The van der Waals surface area contributed by atoms with Crippen LogP contribution in [0.25, 0.3) is 0 Å².